The van der Waals surface area contributed by atoms with Crippen molar-refractivity contribution in [1.82, 2.24) is 9.78 Å². The minimum atomic E-state index is -3.22. The van der Waals surface area contributed by atoms with Crippen LogP contribution in [0, 0.1) is 5.92 Å². The zero-order valence-electron chi connectivity index (χ0n) is 10.1. The Morgan fingerprint density at radius 3 is 2.76 bits per heavy atom. The van der Waals surface area contributed by atoms with Crippen LogP contribution in [0.3, 0.4) is 0 Å². The van der Waals surface area contributed by atoms with E-state index in [4.69, 9.17) is 0 Å². The molecular formula is C11H18N2O3S. The SMILES string of the molecule is CC1CCC(O)C(n2cc(S(C)(=O)=O)cn2)C1. The predicted octanol–water partition coefficient (Wildman–Crippen LogP) is 1.01. The van der Waals surface area contributed by atoms with Gasteiger partial charge in [-0.1, -0.05) is 6.92 Å². The second-order valence-electron chi connectivity index (χ2n) is 4.98. The highest BCUT2D eigenvalue weighted by atomic mass is 32.2. The Bertz CT molecular complexity index is 495. The summed E-state index contributed by atoms with van der Waals surface area (Å²) in [7, 11) is -3.22. The van der Waals surface area contributed by atoms with E-state index in [1.165, 1.54) is 12.4 Å². The molecule has 17 heavy (non-hydrogen) atoms. The van der Waals surface area contributed by atoms with Crippen LogP contribution < -0.4 is 0 Å². The molecule has 0 bridgehead atoms. The van der Waals surface area contributed by atoms with Crippen molar-refractivity contribution in [3.63, 3.8) is 0 Å². The number of aliphatic hydroxyl groups is 1. The van der Waals surface area contributed by atoms with Crippen molar-refractivity contribution in [2.45, 2.75) is 43.2 Å². The van der Waals surface area contributed by atoms with Gasteiger partial charge in [0.25, 0.3) is 0 Å². The van der Waals surface area contributed by atoms with Gasteiger partial charge in [-0.2, -0.15) is 5.10 Å². The van der Waals surface area contributed by atoms with E-state index >= 15 is 0 Å². The van der Waals surface area contributed by atoms with Crippen LogP contribution in [0.4, 0.5) is 0 Å². The molecule has 0 spiro atoms. The number of aromatic nitrogens is 2. The highest BCUT2D eigenvalue weighted by Crippen LogP contribution is 2.32. The first-order valence-electron chi connectivity index (χ1n) is 5.80. The predicted molar refractivity (Wildman–Crippen MR) is 63.4 cm³/mol. The molecule has 1 aliphatic carbocycles. The standard InChI is InChI=1S/C11H18N2O3S/c1-8-3-4-11(14)10(5-8)13-7-9(6-12-13)17(2,15)16/h6-8,10-11,14H,3-5H2,1-2H3. The van der Waals surface area contributed by atoms with Gasteiger partial charge in [0.15, 0.2) is 9.84 Å². The summed E-state index contributed by atoms with van der Waals surface area (Å²) >= 11 is 0. The van der Waals surface area contributed by atoms with Crippen molar-refractivity contribution in [2.24, 2.45) is 5.92 Å². The number of sulfone groups is 1. The largest absolute Gasteiger partial charge is 0.391 e. The lowest BCUT2D eigenvalue weighted by molar-refractivity contribution is 0.0518. The van der Waals surface area contributed by atoms with E-state index in [0.717, 1.165) is 25.5 Å². The summed E-state index contributed by atoms with van der Waals surface area (Å²) in [5.41, 5.74) is 0. The van der Waals surface area contributed by atoms with Gasteiger partial charge in [-0.3, -0.25) is 4.68 Å². The molecular weight excluding hydrogens is 240 g/mol. The molecule has 0 saturated heterocycles. The molecule has 1 aliphatic rings. The maximum atomic E-state index is 11.4. The summed E-state index contributed by atoms with van der Waals surface area (Å²) in [4.78, 5) is 0.211. The van der Waals surface area contributed by atoms with Crippen molar-refractivity contribution in [1.29, 1.82) is 0 Å². The third-order valence-corrected chi connectivity index (χ3v) is 4.46. The zero-order valence-corrected chi connectivity index (χ0v) is 10.9. The lowest BCUT2D eigenvalue weighted by Gasteiger charge is -2.31. The molecule has 1 saturated carbocycles. The Hall–Kier alpha value is -0.880. The van der Waals surface area contributed by atoms with Gasteiger partial charge in [0.1, 0.15) is 4.90 Å². The molecule has 2 rings (SSSR count). The van der Waals surface area contributed by atoms with Gasteiger partial charge in [-0.05, 0) is 25.2 Å². The van der Waals surface area contributed by atoms with Crippen LogP contribution in [0.2, 0.25) is 0 Å². The van der Waals surface area contributed by atoms with E-state index in [0.29, 0.717) is 5.92 Å². The van der Waals surface area contributed by atoms with Crippen LogP contribution >= 0.6 is 0 Å². The van der Waals surface area contributed by atoms with Crippen LogP contribution in [0.25, 0.3) is 0 Å². The molecule has 5 nitrogen and oxygen atoms in total. The van der Waals surface area contributed by atoms with Crippen molar-refractivity contribution in [3.8, 4) is 0 Å². The van der Waals surface area contributed by atoms with Crippen molar-refractivity contribution in [2.75, 3.05) is 6.26 Å². The number of aliphatic hydroxyl groups excluding tert-OH is 1. The average molecular weight is 258 g/mol. The first-order valence-corrected chi connectivity index (χ1v) is 7.69. The second-order valence-corrected chi connectivity index (χ2v) is 7.00. The highest BCUT2D eigenvalue weighted by molar-refractivity contribution is 7.90. The number of hydrogen-bond donors (Lipinski definition) is 1. The summed E-state index contributed by atoms with van der Waals surface area (Å²) in [6.07, 6.45) is 6.19. The quantitative estimate of drug-likeness (QED) is 0.859. The summed E-state index contributed by atoms with van der Waals surface area (Å²) in [5, 5.41) is 14.0. The van der Waals surface area contributed by atoms with Gasteiger partial charge < -0.3 is 5.11 Å². The number of rotatable bonds is 2. The molecule has 0 amide bonds. The van der Waals surface area contributed by atoms with Crippen LogP contribution in [0.1, 0.15) is 32.2 Å². The van der Waals surface area contributed by atoms with Crippen molar-refractivity contribution in [3.05, 3.63) is 12.4 Å². The Kier molecular flexibility index (Phi) is 3.27. The number of hydrogen-bond acceptors (Lipinski definition) is 4. The Labute approximate surface area is 101 Å². The molecule has 1 aromatic heterocycles. The van der Waals surface area contributed by atoms with Crippen molar-refractivity contribution < 1.29 is 13.5 Å². The lowest BCUT2D eigenvalue weighted by Crippen LogP contribution is -2.31. The van der Waals surface area contributed by atoms with E-state index in [-0.39, 0.29) is 10.9 Å². The molecule has 3 unspecified atom stereocenters. The monoisotopic (exact) mass is 258 g/mol. The summed E-state index contributed by atoms with van der Waals surface area (Å²) < 4.78 is 24.3. The summed E-state index contributed by atoms with van der Waals surface area (Å²) in [6, 6.07) is -0.103. The summed E-state index contributed by atoms with van der Waals surface area (Å²) in [5.74, 6) is 0.536. The number of nitrogens with zero attached hydrogens (tertiary/aromatic N) is 2. The molecule has 6 heteroatoms. The fourth-order valence-corrected chi connectivity index (χ4v) is 2.85. The summed E-state index contributed by atoms with van der Waals surface area (Å²) in [6.45, 7) is 2.14. The topological polar surface area (TPSA) is 72.2 Å². The van der Waals surface area contributed by atoms with E-state index in [1.807, 2.05) is 0 Å². The third-order valence-electron chi connectivity index (χ3n) is 3.39. The maximum Gasteiger partial charge on any atom is 0.178 e. The molecule has 0 aromatic carbocycles. The van der Waals surface area contributed by atoms with Gasteiger partial charge in [-0.25, -0.2) is 8.42 Å². The van der Waals surface area contributed by atoms with Gasteiger partial charge >= 0.3 is 0 Å². The lowest BCUT2D eigenvalue weighted by atomic mass is 9.85. The Morgan fingerprint density at radius 2 is 2.18 bits per heavy atom. The van der Waals surface area contributed by atoms with Crippen LogP contribution in [0.5, 0.6) is 0 Å². The van der Waals surface area contributed by atoms with E-state index in [9.17, 15) is 13.5 Å². The van der Waals surface area contributed by atoms with Crippen LogP contribution in [-0.2, 0) is 9.84 Å². The van der Waals surface area contributed by atoms with Gasteiger partial charge in [0.05, 0.1) is 18.3 Å². The van der Waals surface area contributed by atoms with Crippen LogP contribution in [0.15, 0.2) is 17.3 Å². The Balaban J connectivity index is 2.25. The fraction of sp³-hybridized carbons (Fsp3) is 0.727. The maximum absolute atomic E-state index is 11.4. The van der Waals surface area contributed by atoms with E-state index in [2.05, 4.69) is 12.0 Å². The minimum absolute atomic E-state index is 0.103. The third kappa shape index (κ3) is 2.69. The van der Waals surface area contributed by atoms with E-state index in [1.54, 1.807) is 4.68 Å². The van der Waals surface area contributed by atoms with Gasteiger partial charge in [-0.15, -0.1) is 0 Å². The van der Waals surface area contributed by atoms with Gasteiger partial charge in [0.2, 0.25) is 0 Å². The molecule has 0 aliphatic heterocycles. The fourth-order valence-electron chi connectivity index (χ4n) is 2.31. The molecule has 1 fully saturated rings. The first kappa shape index (κ1) is 12.6. The Morgan fingerprint density at radius 1 is 1.47 bits per heavy atom. The van der Waals surface area contributed by atoms with Gasteiger partial charge in [0, 0.05) is 12.5 Å². The van der Waals surface area contributed by atoms with E-state index < -0.39 is 15.9 Å². The zero-order chi connectivity index (χ0) is 12.6. The first-order chi connectivity index (χ1) is 7.88. The molecule has 96 valence electrons. The molecule has 0 radical (unpaired) electrons. The van der Waals surface area contributed by atoms with Crippen molar-refractivity contribution >= 4 is 9.84 Å². The van der Waals surface area contributed by atoms with Crippen LogP contribution in [-0.4, -0.2) is 35.7 Å². The smallest absolute Gasteiger partial charge is 0.178 e. The minimum Gasteiger partial charge on any atom is -0.391 e. The molecule has 1 aromatic rings. The molecule has 1 N–H and O–H groups in total. The molecule has 3 atom stereocenters. The second kappa shape index (κ2) is 4.42. The average Bonchev–Trinajstić information content (AvgIpc) is 2.70. The molecule has 1 heterocycles. The highest BCUT2D eigenvalue weighted by Gasteiger charge is 2.29. The normalized spacial score (nSPS) is 30.4.